The summed E-state index contributed by atoms with van der Waals surface area (Å²) >= 11 is 0. The second kappa shape index (κ2) is 4.24. The fourth-order valence-corrected chi connectivity index (χ4v) is 0.596. The summed E-state index contributed by atoms with van der Waals surface area (Å²) in [6.45, 7) is 3.87. The molecule has 0 aromatic heterocycles. The van der Waals surface area contributed by atoms with E-state index in [1.54, 1.807) is 0 Å². The first-order chi connectivity index (χ1) is 4.22. The standard InChI is InChI=1S/C7H12O2/c1-6(2)7(5-9)3-4-8/h4-7H,3H2,1-2H3. The Bertz CT molecular complexity index is 97.1. The second-order valence-electron chi connectivity index (χ2n) is 2.45. The lowest BCUT2D eigenvalue weighted by Gasteiger charge is -2.08. The summed E-state index contributed by atoms with van der Waals surface area (Å²) in [7, 11) is 0. The van der Waals surface area contributed by atoms with Gasteiger partial charge in [-0.15, -0.1) is 0 Å². The Morgan fingerprint density at radius 2 is 1.89 bits per heavy atom. The summed E-state index contributed by atoms with van der Waals surface area (Å²) < 4.78 is 0. The maximum atomic E-state index is 10.2. The van der Waals surface area contributed by atoms with Crippen molar-refractivity contribution in [3.63, 3.8) is 0 Å². The van der Waals surface area contributed by atoms with Gasteiger partial charge >= 0.3 is 0 Å². The first kappa shape index (κ1) is 8.34. The minimum absolute atomic E-state index is 0.0810. The molecule has 0 aliphatic heterocycles. The van der Waals surface area contributed by atoms with E-state index in [9.17, 15) is 9.59 Å². The molecule has 0 N–H and O–H groups in total. The lowest BCUT2D eigenvalue weighted by molar-refractivity contribution is -0.116. The van der Waals surface area contributed by atoms with Crippen LogP contribution in [0.5, 0.6) is 0 Å². The van der Waals surface area contributed by atoms with Crippen molar-refractivity contribution < 1.29 is 9.59 Å². The Morgan fingerprint density at radius 1 is 1.33 bits per heavy atom. The van der Waals surface area contributed by atoms with Crippen molar-refractivity contribution in [1.29, 1.82) is 0 Å². The van der Waals surface area contributed by atoms with E-state index in [1.807, 2.05) is 13.8 Å². The molecule has 0 heterocycles. The number of carbonyl (C=O) groups excluding carboxylic acids is 2. The minimum Gasteiger partial charge on any atom is -0.303 e. The van der Waals surface area contributed by atoms with Gasteiger partial charge in [-0.05, 0) is 5.92 Å². The molecular formula is C7H12O2. The summed E-state index contributed by atoms with van der Waals surface area (Å²) in [4.78, 5) is 20.1. The molecule has 0 aliphatic rings. The number of carbonyl (C=O) groups is 2. The highest BCUT2D eigenvalue weighted by molar-refractivity contribution is 5.62. The van der Waals surface area contributed by atoms with Crippen molar-refractivity contribution in [1.82, 2.24) is 0 Å². The van der Waals surface area contributed by atoms with E-state index in [0.29, 0.717) is 6.42 Å². The molecule has 0 bridgehead atoms. The second-order valence-corrected chi connectivity index (χ2v) is 2.45. The van der Waals surface area contributed by atoms with Gasteiger partial charge in [-0.1, -0.05) is 13.8 Å². The molecule has 1 atom stereocenters. The minimum atomic E-state index is -0.0810. The molecule has 9 heavy (non-hydrogen) atoms. The molecule has 0 saturated carbocycles. The van der Waals surface area contributed by atoms with E-state index in [2.05, 4.69) is 0 Å². The van der Waals surface area contributed by atoms with Crippen LogP contribution in [-0.2, 0) is 9.59 Å². The lowest BCUT2D eigenvalue weighted by Crippen LogP contribution is -2.10. The van der Waals surface area contributed by atoms with Gasteiger partial charge in [-0.3, -0.25) is 0 Å². The normalized spacial score (nSPS) is 13.2. The SMILES string of the molecule is CC(C)C(C=O)CC=O. The van der Waals surface area contributed by atoms with Crippen molar-refractivity contribution >= 4 is 12.6 Å². The van der Waals surface area contributed by atoms with Crippen LogP contribution in [0, 0.1) is 11.8 Å². The Kier molecular flexibility index (Phi) is 3.93. The van der Waals surface area contributed by atoms with Crippen LogP contribution in [0.15, 0.2) is 0 Å². The van der Waals surface area contributed by atoms with E-state index < -0.39 is 0 Å². The predicted octanol–water partition coefficient (Wildman–Crippen LogP) is 1.05. The van der Waals surface area contributed by atoms with Gasteiger partial charge in [0.2, 0.25) is 0 Å². The zero-order valence-corrected chi connectivity index (χ0v) is 5.83. The fourth-order valence-electron chi connectivity index (χ4n) is 0.596. The number of hydrogen-bond acceptors (Lipinski definition) is 2. The first-order valence-corrected chi connectivity index (χ1v) is 3.11. The summed E-state index contributed by atoms with van der Waals surface area (Å²) in [5, 5.41) is 0. The van der Waals surface area contributed by atoms with Crippen molar-refractivity contribution in [2.24, 2.45) is 11.8 Å². The quantitative estimate of drug-likeness (QED) is 0.530. The molecule has 0 aromatic carbocycles. The molecule has 0 radical (unpaired) electrons. The summed E-state index contributed by atoms with van der Waals surface area (Å²) in [6, 6.07) is 0. The third-order valence-corrected chi connectivity index (χ3v) is 1.40. The van der Waals surface area contributed by atoms with Gasteiger partial charge in [0.15, 0.2) is 0 Å². The highest BCUT2D eigenvalue weighted by Crippen LogP contribution is 2.09. The van der Waals surface area contributed by atoms with Gasteiger partial charge in [-0.25, -0.2) is 0 Å². The van der Waals surface area contributed by atoms with Crippen molar-refractivity contribution in [2.45, 2.75) is 20.3 Å². The van der Waals surface area contributed by atoms with Crippen LogP contribution >= 0.6 is 0 Å². The van der Waals surface area contributed by atoms with Crippen LogP contribution in [0.2, 0.25) is 0 Å². The van der Waals surface area contributed by atoms with Gasteiger partial charge in [0, 0.05) is 12.3 Å². The molecular weight excluding hydrogens is 116 g/mol. The third kappa shape index (κ3) is 3.01. The Hall–Kier alpha value is -0.660. The maximum Gasteiger partial charge on any atom is 0.123 e. The number of aldehydes is 2. The van der Waals surface area contributed by atoms with Crippen LogP contribution in [0.3, 0.4) is 0 Å². The highest BCUT2D eigenvalue weighted by Gasteiger charge is 2.09. The van der Waals surface area contributed by atoms with Gasteiger partial charge in [-0.2, -0.15) is 0 Å². The largest absolute Gasteiger partial charge is 0.303 e. The van der Waals surface area contributed by atoms with Gasteiger partial charge in [0.25, 0.3) is 0 Å². The van der Waals surface area contributed by atoms with Crippen molar-refractivity contribution in [2.75, 3.05) is 0 Å². The molecule has 0 fully saturated rings. The molecule has 0 saturated heterocycles. The summed E-state index contributed by atoms with van der Waals surface area (Å²) in [6.07, 6.45) is 2.00. The van der Waals surface area contributed by atoms with Crippen molar-refractivity contribution in [3.8, 4) is 0 Å². The third-order valence-electron chi connectivity index (χ3n) is 1.40. The number of rotatable bonds is 4. The number of hydrogen-bond donors (Lipinski definition) is 0. The van der Waals surface area contributed by atoms with Crippen LogP contribution in [0.4, 0.5) is 0 Å². The lowest BCUT2D eigenvalue weighted by atomic mass is 9.95. The Morgan fingerprint density at radius 3 is 2.00 bits per heavy atom. The van der Waals surface area contributed by atoms with Crippen LogP contribution in [0.1, 0.15) is 20.3 Å². The highest BCUT2D eigenvalue weighted by atomic mass is 16.1. The monoisotopic (exact) mass is 128 g/mol. The van der Waals surface area contributed by atoms with Crippen LogP contribution < -0.4 is 0 Å². The van der Waals surface area contributed by atoms with E-state index in [-0.39, 0.29) is 11.8 Å². The molecule has 2 nitrogen and oxygen atoms in total. The molecule has 0 amide bonds. The molecule has 0 spiro atoms. The molecule has 52 valence electrons. The van der Waals surface area contributed by atoms with Crippen LogP contribution in [-0.4, -0.2) is 12.6 Å². The smallest absolute Gasteiger partial charge is 0.123 e. The first-order valence-electron chi connectivity index (χ1n) is 3.11. The zero-order valence-electron chi connectivity index (χ0n) is 5.83. The summed E-state index contributed by atoms with van der Waals surface area (Å²) in [5.74, 6) is 0.204. The topological polar surface area (TPSA) is 34.1 Å². The molecule has 0 aliphatic carbocycles. The van der Waals surface area contributed by atoms with E-state index in [0.717, 1.165) is 12.6 Å². The van der Waals surface area contributed by atoms with E-state index in [1.165, 1.54) is 0 Å². The average molecular weight is 128 g/mol. The van der Waals surface area contributed by atoms with Gasteiger partial charge in [0.05, 0.1) is 0 Å². The predicted molar refractivity (Wildman–Crippen MR) is 35.1 cm³/mol. The Balaban J connectivity index is 3.66. The van der Waals surface area contributed by atoms with Gasteiger partial charge in [0.1, 0.15) is 12.6 Å². The maximum absolute atomic E-state index is 10.2. The Labute approximate surface area is 55.3 Å². The van der Waals surface area contributed by atoms with Gasteiger partial charge < -0.3 is 9.59 Å². The van der Waals surface area contributed by atoms with E-state index in [4.69, 9.17) is 0 Å². The van der Waals surface area contributed by atoms with Crippen LogP contribution in [0.25, 0.3) is 0 Å². The zero-order chi connectivity index (χ0) is 7.28. The molecule has 2 heteroatoms. The van der Waals surface area contributed by atoms with Crippen molar-refractivity contribution in [3.05, 3.63) is 0 Å². The average Bonchev–Trinajstić information content (AvgIpc) is 1.82. The van der Waals surface area contributed by atoms with E-state index >= 15 is 0 Å². The summed E-state index contributed by atoms with van der Waals surface area (Å²) in [5.41, 5.74) is 0. The fraction of sp³-hybridized carbons (Fsp3) is 0.714. The molecule has 0 aromatic rings. The molecule has 1 unspecified atom stereocenters. The molecule has 0 rings (SSSR count).